The van der Waals surface area contributed by atoms with Crippen LogP contribution in [0.15, 0.2) is 10.6 Å². The third-order valence-electron chi connectivity index (χ3n) is 6.23. The van der Waals surface area contributed by atoms with E-state index < -0.39 is 0 Å². The summed E-state index contributed by atoms with van der Waals surface area (Å²) in [6.07, 6.45) is 6.55. The van der Waals surface area contributed by atoms with Crippen molar-refractivity contribution in [3.8, 4) is 0 Å². The lowest BCUT2D eigenvalue weighted by molar-refractivity contribution is -0.132. The predicted octanol–water partition coefficient (Wildman–Crippen LogP) is 2.69. The van der Waals surface area contributed by atoms with Crippen molar-refractivity contribution in [1.29, 1.82) is 0 Å². The average Bonchev–Trinajstić information content (AvgIpc) is 3.12. The van der Waals surface area contributed by atoms with Gasteiger partial charge in [0.2, 0.25) is 5.91 Å². The highest BCUT2D eigenvalue weighted by atomic mass is 16.5. The lowest BCUT2D eigenvalue weighted by atomic mass is 9.81. The van der Waals surface area contributed by atoms with Crippen molar-refractivity contribution >= 4 is 5.91 Å². The molecule has 2 saturated heterocycles. The lowest BCUT2D eigenvalue weighted by Crippen LogP contribution is -2.41. The van der Waals surface area contributed by atoms with Gasteiger partial charge in [-0.3, -0.25) is 9.69 Å². The van der Waals surface area contributed by atoms with Crippen molar-refractivity contribution in [2.45, 2.75) is 58.9 Å². The molecule has 3 heterocycles. The maximum Gasteiger partial charge on any atom is 0.222 e. The molecule has 1 aromatic rings. The number of amides is 1. The van der Waals surface area contributed by atoms with Crippen LogP contribution in [0.5, 0.6) is 0 Å². The fraction of sp³-hybridized carbons (Fsp3) is 0.810. The van der Waals surface area contributed by atoms with Crippen molar-refractivity contribution in [3.63, 3.8) is 0 Å². The number of piperidine rings is 2. The van der Waals surface area contributed by atoms with Crippen LogP contribution in [0.25, 0.3) is 0 Å². The zero-order valence-corrected chi connectivity index (χ0v) is 17.1. The van der Waals surface area contributed by atoms with E-state index >= 15 is 0 Å². The van der Waals surface area contributed by atoms with E-state index in [1.54, 1.807) is 0 Å². The van der Waals surface area contributed by atoms with Crippen LogP contribution in [0.3, 0.4) is 0 Å². The molecule has 152 valence electrons. The second-order valence-electron chi connectivity index (χ2n) is 8.11. The van der Waals surface area contributed by atoms with Gasteiger partial charge in [-0.05, 0) is 77.5 Å². The summed E-state index contributed by atoms with van der Waals surface area (Å²) in [4.78, 5) is 17.0. The Morgan fingerprint density at radius 2 is 2.04 bits per heavy atom. The molecule has 6 heteroatoms. The zero-order valence-electron chi connectivity index (χ0n) is 17.1. The fourth-order valence-electron chi connectivity index (χ4n) is 4.55. The number of aromatic nitrogens is 1. The van der Waals surface area contributed by atoms with E-state index in [1.165, 1.54) is 19.3 Å². The van der Waals surface area contributed by atoms with Crippen molar-refractivity contribution in [2.24, 2.45) is 11.8 Å². The number of nitrogens with one attached hydrogen (secondary N) is 1. The first-order valence-electron chi connectivity index (χ1n) is 10.8. The molecule has 0 spiro atoms. The Balaban J connectivity index is 1.55. The average molecular weight is 377 g/mol. The summed E-state index contributed by atoms with van der Waals surface area (Å²) in [5.74, 6) is 2.15. The van der Waals surface area contributed by atoms with Gasteiger partial charge in [-0.1, -0.05) is 11.6 Å². The first-order chi connectivity index (χ1) is 13.2. The zero-order chi connectivity index (χ0) is 19.1. The maximum absolute atomic E-state index is 12.6. The molecule has 2 atom stereocenters. The minimum atomic E-state index is 0.294. The maximum atomic E-state index is 12.6. The van der Waals surface area contributed by atoms with Crippen LogP contribution >= 0.6 is 0 Å². The number of hydrogen-bond donors (Lipinski definition) is 1. The highest BCUT2D eigenvalue weighted by Crippen LogP contribution is 2.27. The standard InChI is InChI=1S/C21H36N4O2/c1-3-25(4-2)21(26)13-17-8-9-22-15-18(17)12-19-14-20(27-23-19)16-24-10-6-5-7-11-24/h14,17-18,22H,3-13,15-16H2,1-2H3/t17-,18-/m0/s1. The molecule has 0 saturated carbocycles. The van der Waals surface area contributed by atoms with Crippen LogP contribution < -0.4 is 5.32 Å². The molecule has 0 aliphatic carbocycles. The van der Waals surface area contributed by atoms with Crippen LogP contribution in [0.1, 0.15) is 57.4 Å². The molecule has 0 unspecified atom stereocenters. The summed E-state index contributed by atoms with van der Waals surface area (Å²) in [6, 6.07) is 2.13. The molecule has 1 aromatic heterocycles. The summed E-state index contributed by atoms with van der Waals surface area (Å²) in [5.41, 5.74) is 1.04. The summed E-state index contributed by atoms with van der Waals surface area (Å²) in [7, 11) is 0. The van der Waals surface area contributed by atoms with E-state index in [9.17, 15) is 4.79 Å². The molecule has 0 bridgehead atoms. The first-order valence-corrected chi connectivity index (χ1v) is 10.8. The minimum Gasteiger partial charge on any atom is -0.360 e. The third kappa shape index (κ3) is 5.79. The Kier molecular flexibility index (Phi) is 7.70. The van der Waals surface area contributed by atoms with Gasteiger partial charge in [-0.2, -0.15) is 0 Å². The summed E-state index contributed by atoms with van der Waals surface area (Å²) >= 11 is 0. The van der Waals surface area contributed by atoms with Gasteiger partial charge in [-0.15, -0.1) is 0 Å². The summed E-state index contributed by atoms with van der Waals surface area (Å²) in [6.45, 7) is 10.9. The molecule has 0 radical (unpaired) electrons. The number of nitrogens with zero attached hydrogens (tertiary/aromatic N) is 3. The van der Waals surface area contributed by atoms with Crippen LogP contribution in [0, 0.1) is 11.8 Å². The van der Waals surface area contributed by atoms with E-state index in [0.717, 1.165) is 70.1 Å². The van der Waals surface area contributed by atoms with Crippen molar-refractivity contribution in [2.75, 3.05) is 39.3 Å². The number of carbonyl (C=O) groups excluding carboxylic acids is 1. The molecule has 2 fully saturated rings. The van der Waals surface area contributed by atoms with Crippen molar-refractivity contribution < 1.29 is 9.32 Å². The molecule has 6 nitrogen and oxygen atoms in total. The molecule has 2 aliphatic rings. The third-order valence-corrected chi connectivity index (χ3v) is 6.23. The molecular weight excluding hydrogens is 340 g/mol. The van der Waals surface area contributed by atoms with Gasteiger partial charge < -0.3 is 14.7 Å². The number of carbonyl (C=O) groups is 1. The van der Waals surface area contributed by atoms with Crippen LogP contribution in [-0.4, -0.2) is 60.1 Å². The van der Waals surface area contributed by atoms with E-state index in [1.807, 2.05) is 4.90 Å². The number of likely N-dealkylation sites (tertiary alicyclic amines) is 1. The van der Waals surface area contributed by atoms with Gasteiger partial charge in [-0.25, -0.2) is 0 Å². The Morgan fingerprint density at radius 1 is 1.26 bits per heavy atom. The van der Waals surface area contributed by atoms with E-state index in [-0.39, 0.29) is 0 Å². The number of hydrogen-bond acceptors (Lipinski definition) is 5. The quantitative estimate of drug-likeness (QED) is 0.756. The van der Waals surface area contributed by atoms with Gasteiger partial charge in [0, 0.05) is 25.6 Å². The molecule has 0 aromatic carbocycles. The Morgan fingerprint density at radius 3 is 2.78 bits per heavy atom. The lowest BCUT2D eigenvalue weighted by Gasteiger charge is -2.32. The molecular formula is C21H36N4O2. The summed E-state index contributed by atoms with van der Waals surface area (Å²) in [5, 5.41) is 7.83. The van der Waals surface area contributed by atoms with E-state index in [4.69, 9.17) is 4.52 Å². The number of rotatable bonds is 8. The molecule has 27 heavy (non-hydrogen) atoms. The Bertz CT molecular complexity index is 578. The smallest absolute Gasteiger partial charge is 0.222 e. The van der Waals surface area contributed by atoms with E-state index in [0.29, 0.717) is 24.2 Å². The monoisotopic (exact) mass is 376 g/mol. The largest absolute Gasteiger partial charge is 0.360 e. The Labute approximate surface area is 163 Å². The second kappa shape index (κ2) is 10.2. The second-order valence-corrected chi connectivity index (χ2v) is 8.11. The van der Waals surface area contributed by atoms with Crippen LogP contribution in [0.4, 0.5) is 0 Å². The fourth-order valence-corrected chi connectivity index (χ4v) is 4.55. The highest BCUT2D eigenvalue weighted by Gasteiger charge is 2.29. The molecule has 1 N–H and O–H groups in total. The van der Waals surface area contributed by atoms with Gasteiger partial charge in [0.15, 0.2) is 5.76 Å². The Hall–Kier alpha value is -1.40. The van der Waals surface area contributed by atoms with Crippen LogP contribution in [-0.2, 0) is 17.8 Å². The van der Waals surface area contributed by atoms with Gasteiger partial charge in [0.1, 0.15) is 0 Å². The van der Waals surface area contributed by atoms with Gasteiger partial charge in [0.05, 0.1) is 12.2 Å². The van der Waals surface area contributed by atoms with Crippen molar-refractivity contribution in [3.05, 3.63) is 17.5 Å². The first kappa shape index (κ1) is 20.3. The molecule has 2 aliphatic heterocycles. The topological polar surface area (TPSA) is 61.6 Å². The van der Waals surface area contributed by atoms with E-state index in [2.05, 4.69) is 35.3 Å². The molecule has 1 amide bonds. The summed E-state index contributed by atoms with van der Waals surface area (Å²) < 4.78 is 5.61. The normalized spacial score (nSPS) is 24.1. The predicted molar refractivity (Wildman–Crippen MR) is 106 cm³/mol. The van der Waals surface area contributed by atoms with Crippen molar-refractivity contribution in [1.82, 2.24) is 20.3 Å². The van der Waals surface area contributed by atoms with Gasteiger partial charge >= 0.3 is 0 Å². The minimum absolute atomic E-state index is 0.294. The van der Waals surface area contributed by atoms with Gasteiger partial charge in [0.25, 0.3) is 0 Å². The highest BCUT2D eigenvalue weighted by molar-refractivity contribution is 5.76. The van der Waals surface area contributed by atoms with Crippen LogP contribution in [0.2, 0.25) is 0 Å². The SMILES string of the molecule is CCN(CC)C(=O)C[C@@H]1CCNC[C@@H]1Cc1cc(CN2CCCCC2)on1. The molecule has 3 rings (SSSR count).